The number of aliphatic hydroxyl groups is 1. The number of hydrogen-bond acceptors (Lipinski definition) is 2. The zero-order valence-electron chi connectivity index (χ0n) is 9.91. The Bertz CT molecular complexity index is 348. The van der Waals surface area contributed by atoms with Crippen LogP contribution < -0.4 is 0 Å². The zero-order chi connectivity index (χ0) is 11.8. The fourth-order valence-electron chi connectivity index (χ4n) is 2.73. The summed E-state index contributed by atoms with van der Waals surface area (Å²) in [5.41, 5.74) is 0.248. The highest BCUT2D eigenvalue weighted by Gasteiger charge is 2.37. The van der Waals surface area contributed by atoms with Gasteiger partial charge in [0, 0.05) is 7.05 Å². The predicted molar refractivity (Wildman–Crippen MR) is 67.1 cm³/mol. The van der Waals surface area contributed by atoms with Crippen molar-refractivity contribution in [2.75, 3.05) is 0 Å². The molecule has 1 heterocycles. The molecule has 90 valence electrons. The maximum absolute atomic E-state index is 10.7. The molecular formula is C12H19BrN2O. The van der Waals surface area contributed by atoms with Crippen molar-refractivity contribution in [2.45, 2.75) is 44.6 Å². The fourth-order valence-corrected chi connectivity index (χ4v) is 3.45. The normalized spacial score (nSPS) is 30.6. The second kappa shape index (κ2) is 4.49. The van der Waals surface area contributed by atoms with Gasteiger partial charge >= 0.3 is 0 Å². The maximum atomic E-state index is 10.7. The van der Waals surface area contributed by atoms with Crippen LogP contribution in [0.3, 0.4) is 0 Å². The van der Waals surface area contributed by atoms with Crippen LogP contribution in [0.4, 0.5) is 0 Å². The summed E-state index contributed by atoms with van der Waals surface area (Å²) in [6.07, 6.45) is 6.92. The summed E-state index contributed by atoms with van der Waals surface area (Å²) in [6.45, 7) is 2.23. The van der Waals surface area contributed by atoms with Gasteiger partial charge in [-0.05, 0) is 47.5 Å². The molecule has 4 heteroatoms. The van der Waals surface area contributed by atoms with Crippen LogP contribution in [0.15, 0.2) is 10.7 Å². The minimum absolute atomic E-state index is 0.685. The summed E-state index contributed by atoms with van der Waals surface area (Å²) in [5, 5.41) is 14.9. The lowest BCUT2D eigenvalue weighted by atomic mass is 9.76. The quantitative estimate of drug-likeness (QED) is 0.908. The van der Waals surface area contributed by atoms with E-state index in [1.165, 1.54) is 6.42 Å². The molecule has 1 aliphatic rings. The Kier molecular flexibility index (Phi) is 3.40. The molecule has 1 N–H and O–H groups in total. The Morgan fingerprint density at radius 1 is 1.56 bits per heavy atom. The zero-order valence-corrected chi connectivity index (χ0v) is 11.5. The molecule has 16 heavy (non-hydrogen) atoms. The van der Waals surface area contributed by atoms with Gasteiger partial charge in [0.05, 0.1) is 16.4 Å². The van der Waals surface area contributed by atoms with E-state index >= 15 is 0 Å². The van der Waals surface area contributed by atoms with E-state index in [4.69, 9.17) is 0 Å². The second-order valence-corrected chi connectivity index (χ2v) is 5.70. The van der Waals surface area contributed by atoms with E-state index in [0.29, 0.717) is 0 Å². The van der Waals surface area contributed by atoms with Gasteiger partial charge in [0.25, 0.3) is 0 Å². The van der Waals surface area contributed by atoms with Crippen molar-refractivity contribution in [1.82, 2.24) is 9.78 Å². The maximum Gasteiger partial charge on any atom is 0.107 e. The van der Waals surface area contributed by atoms with E-state index in [2.05, 4.69) is 28.0 Å². The number of hydrogen-bond donors (Lipinski definition) is 1. The third kappa shape index (κ3) is 2.05. The molecule has 1 aromatic rings. The topological polar surface area (TPSA) is 38.1 Å². The molecule has 0 bridgehead atoms. The molecule has 0 atom stereocenters. The second-order valence-electron chi connectivity index (χ2n) is 4.85. The van der Waals surface area contributed by atoms with Gasteiger partial charge in [-0.3, -0.25) is 4.68 Å². The average molecular weight is 287 g/mol. The van der Waals surface area contributed by atoms with Crippen molar-refractivity contribution < 1.29 is 5.11 Å². The Morgan fingerprint density at radius 3 is 2.62 bits per heavy atom. The molecule has 1 fully saturated rings. The highest BCUT2D eigenvalue weighted by Crippen LogP contribution is 2.42. The highest BCUT2D eigenvalue weighted by molar-refractivity contribution is 9.10. The van der Waals surface area contributed by atoms with Gasteiger partial charge in [-0.15, -0.1) is 0 Å². The first-order chi connectivity index (χ1) is 7.57. The molecule has 0 aliphatic heterocycles. The molecule has 1 aromatic heterocycles. The van der Waals surface area contributed by atoms with Crippen molar-refractivity contribution in [3.05, 3.63) is 16.4 Å². The molecule has 0 radical (unpaired) electrons. The van der Waals surface area contributed by atoms with Crippen LogP contribution in [0, 0.1) is 5.92 Å². The molecule has 0 unspecified atom stereocenters. The van der Waals surface area contributed by atoms with E-state index in [0.717, 1.165) is 41.8 Å². The Morgan fingerprint density at radius 2 is 2.19 bits per heavy atom. The van der Waals surface area contributed by atoms with Gasteiger partial charge in [-0.25, -0.2) is 0 Å². The lowest BCUT2D eigenvalue weighted by Gasteiger charge is -2.36. The van der Waals surface area contributed by atoms with Crippen LogP contribution in [0.1, 0.15) is 44.7 Å². The lowest BCUT2D eigenvalue weighted by Crippen LogP contribution is -2.33. The monoisotopic (exact) mass is 286 g/mol. The smallest absolute Gasteiger partial charge is 0.107 e. The van der Waals surface area contributed by atoms with Gasteiger partial charge in [-0.1, -0.05) is 13.3 Å². The van der Waals surface area contributed by atoms with Gasteiger partial charge in [-0.2, -0.15) is 5.10 Å². The van der Waals surface area contributed by atoms with Crippen LogP contribution in [-0.4, -0.2) is 14.9 Å². The first-order valence-corrected chi connectivity index (χ1v) is 6.76. The van der Waals surface area contributed by atoms with E-state index in [-0.39, 0.29) is 0 Å². The van der Waals surface area contributed by atoms with Crippen molar-refractivity contribution in [2.24, 2.45) is 13.0 Å². The molecule has 0 spiro atoms. The fraction of sp³-hybridized carbons (Fsp3) is 0.750. The van der Waals surface area contributed by atoms with E-state index in [1.54, 1.807) is 10.9 Å². The SMILES string of the molecule is CCC1CCC(O)(c2c(Br)cnn2C)CC1. The van der Waals surface area contributed by atoms with Crippen LogP contribution in [-0.2, 0) is 12.6 Å². The first kappa shape index (κ1) is 12.1. The minimum atomic E-state index is -0.685. The van der Waals surface area contributed by atoms with Crippen LogP contribution >= 0.6 is 15.9 Å². The third-order valence-corrected chi connectivity index (χ3v) is 4.42. The van der Waals surface area contributed by atoms with Crippen molar-refractivity contribution in [3.63, 3.8) is 0 Å². The summed E-state index contributed by atoms with van der Waals surface area (Å²) in [6, 6.07) is 0. The first-order valence-electron chi connectivity index (χ1n) is 5.97. The van der Waals surface area contributed by atoms with E-state index in [9.17, 15) is 5.11 Å². The Hall–Kier alpha value is -0.350. The highest BCUT2D eigenvalue weighted by atomic mass is 79.9. The number of halogens is 1. The van der Waals surface area contributed by atoms with Gasteiger partial charge in [0.2, 0.25) is 0 Å². The summed E-state index contributed by atoms with van der Waals surface area (Å²) < 4.78 is 2.71. The molecule has 1 aliphatic carbocycles. The molecule has 1 saturated carbocycles. The average Bonchev–Trinajstić information content (AvgIpc) is 2.60. The largest absolute Gasteiger partial charge is 0.384 e. The Balaban J connectivity index is 2.21. The standard InChI is InChI=1S/C12H19BrN2O/c1-3-9-4-6-12(16,7-5-9)11-10(13)8-14-15(11)2/h8-9,16H,3-7H2,1-2H3. The number of aromatic nitrogens is 2. The summed E-state index contributed by atoms with van der Waals surface area (Å²) in [4.78, 5) is 0. The van der Waals surface area contributed by atoms with Crippen LogP contribution in [0.2, 0.25) is 0 Å². The summed E-state index contributed by atoms with van der Waals surface area (Å²) >= 11 is 3.48. The summed E-state index contributed by atoms with van der Waals surface area (Å²) in [5.74, 6) is 0.785. The van der Waals surface area contributed by atoms with E-state index < -0.39 is 5.60 Å². The van der Waals surface area contributed by atoms with Crippen molar-refractivity contribution >= 4 is 15.9 Å². The van der Waals surface area contributed by atoms with Gasteiger partial charge < -0.3 is 5.11 Å². The number of nitrogens with zero attached hydrogens (tertiary/aromatic N) is 2. The number of rotatable bonds is 2. The van der Waals surface area contributed by atoms with E-state index in [1.807, 2.05) is 7.05 Å². The Labute approximate surface area is 105 Å². The number of aryl methyl sites for hydroxylation is 1. The van der Waals surface area contributed by atoms with Gasteiger partial charge in [0.1, 0.15) is 5.60 Å². The molecule has 0 saturated heterocycles. The summed E-state index contributed by atoms with van der Waals surface area (Å²) in [7, 11) is 1.89. The molecule has 2 rings (SSSR count). The minimum Gasteiger partial charge on any atom is -0.384 e. The van der Waals surface area contributed by atoms with Crippen LogP contribution in [0.5, 0.6) is 0 Å². The molecule has 0 aromatic carbocycles. The van der Waals surface area contributed by atoms with Crippen molar-refractivity contribution in [3.8, 4) is 0 Å². The van der Waals surface area contributed by atoms with Crippen LogP contribution in [0.25, 0.3) is 0 Å². The third-order valence-electron chi connectivity index (χ3n) is 3.84. The molecule has 0 amide bonds. The lowest BCUT2D eigenvalue weighted by molar-refractivity contribution is -0.0219. The van der Waals surface area contributed by atoms with Crippen molar-refractivity contribution in [1.29, 1.82) is 0 Å². The predicted octanol–water partition coefficient (Wildman–Crippen LogP) is 2.97. The molecular weight excluding hydrogens is 268 g/mol. The molecule has 3 nitrogen and oxygen atoms in total. The van der Waals surface area contributed by atoms with Gasteiger partial charge in [0.15, 0.2) is 0 Å².